The summed E-state index contributed by atoms with van der Waals surface area (Å²) in [5, 5.41) is 6.47. The number of rotatable bonds is 5. The molecule has 90 valence electrons. The van der Waals surface area contributed by atoms with Gasteiger partial charge in [-0.25, -0.2) is 13.1 Å². The molecular weight excluding hydrogens is 250 g/mol. The number of nitrogens with one attached hydrogen (secondary N) is 1. The van der Waals surface area contributed by atoms with E-state index in [4.69, 9.17) is 5.73 Å². The van der Waals surface area contributed by atoms with Crippen LogP contribution >= 0.6 is 12.2 Å². The fourth-order valence-corrected chi connectivity index (χ4v) is 2.18. The van der Waals surface area contributed by atoms with Crippen molar-refractivity contribution < 1.29 is 8.42 Å². The lowest BCUT2D eigenvalue weighted by atomic mass is 10.5. The molecular formula is C7H13N5O2S2. The van der Waals surface area contributed by atoms with Crippen LogP contribution in [0.15, 0.2) is 6.33 Å². The lowest BCUT2D eigenvalue weighted by Crippen LogP contribution is -2.40. The van der Waals surface area contributed by atoms with Crippen molar-refractivity contribution in [3.63, 3.8) is 0 Å². The van der Waals surface area contributed by atoms with Crippen LogP contribution in [0, 0.1) is 0 Å². The lowest BCUT2D eigenvalue weighted by molar-refractivity contribution is 0.574. The fourth-order valence-electron chi connectivity index (χ4n) is 0.910. The molecule has 0 aromatic carbocycles. The van der Waals surface area contributed by atoms with Crippen molar-refractivity contribution in [3.8, 4) is 0 Å². The van der Waals surface area contributed by atoms with Crippen molar-refractivity contribution in [1.82, 2.24) is 19.5 Å². The summed E-state index contributed by atoms with van der Waals surface area (Å²) < 4.78 is 27.3. The van der Waals surface area contributed by atoms with E-state index in [1.807, 2.05) is 0 Å². The first kappa shape index (κ1) is 13.0. The van der Waals surface area contributed by atoms with Crippen molar-refractivity contribution in [2.75, 3.05) is 0 Å². The third kappa shape index (κ3) is 2.97. The number of nitrogens with two attached hydrogens (primary N) is 1. The molecule has 0 bridgehead atoms. The molecule has 0 radical (unpaired) electrons. The Morgan fingerprint density at radius 3 is 2.81 bits per heavy atom. The number of aryl methyl sites for hydroxylation is 1. The third-order valence-electron chi connectivity index (χ3n) is 2.10. The Labute approximate surface area is 99.1 Å². The number of aromatic nitrogens is 3. The molecule has 0 aliphatic rings. The number of hydrogen-bond acceptors (Lipinski definition) is 5. The summed E-state index contributed by atoms with van der Waals surface area (Å²) in [6.07, 6.45) is 1.49. The maximum Gasteiger partial charge on any atom is 0.221 e. The van der Waals surface area contributed by atoms with Gasteiger partial charge in [0.1, 0.15) is 17.4 Å². The molecule has 0 amide bonds. The maximum atomic E-state index is 11.6. The van der Waals surface area contributed by atoms with Crippen LogP contribution in [0.4, 0.5) is 0 Å². The highest BCUT2D eigenvalue weighted by Crippen LogP contribution is 2.00. The second-order valence-corrected chi connectivity index (χ2v) is 5.83. The molecule has 3 N–H and O–H groups in total. The standard InChI is InChI=1S/C7H13N5O2S2/c1-5(7(8)15)16(13,14)10-3-6-11-9-4-12(6)2/h4-5,10H,3H2,1-2H3,(H2,8,15). The molecule has 1 atom stereocenters. The van der Waals surface area contributed by atoms with Gasteiger partial charge in [0.15, 0.2) is 0 Å². The molecule has 7 nitrogen and oxygen atoms in total. The van der Waals surface area contributed by atoms with Crippen LogP contribution in [0.2, 0.25) is 0 Å². The fraction of sp³-hybridized carbons (Fsp3) is 0.571. The molecule has 1 aromatic rings. The predicted octanol–water partition coefficient (Wildman–Crippen LogP) is -1.09. The topological polar surface area (TPSA) is 103 Å². The molecule has 0 saturated carbocycles. The molecule has 1 rings (SSSR count). The monoisotopic (exact) mass is 263 g/mol. The van der Waals surface area contributed by atoms with E-state index in [9.17, 15) is 8.42 Å². The molecule has 0 spiro atoms. The van der Waals surface area contributed by atoms with Gasteiger partial charge in [-0.05, 0) is 6.92 Å². The van der Waals surface area contributed by atoms with Crippen LogP contribution in [-0.2, 0) is 23.6 Å². The molecule has 0 fully saturated rings. The summed E-state index contributed by atoms with van der Waals surface area (Å²) in [6.45, 7) is 1.49. The number of thiocarbonyl (C=S) groups is 1. The molecule has 0 saturated heterocycles. The molecule has 0 aliphatic heterocycles. The minimum Gasteiger partial charge on any atom is -0.392 e. The highest BCUT2D eigenvalue weighted by molar-refractivity contribution is 7.93. The van der Waals surface area contributed by atoms with Gasteiger partial charge in [-0.15, -0.1) is 10.2 Å². The van der Waals surface area contributed by atoms with E-state index in [1.165, 1.54) is 13.3 Å². The minimum absolute atomic E-state index is 0.0613. The van der Waals surface area contributed by atoms with E-state index in [-0.39, 0.29) is 11.5 Å². The van der Waals surface area contributed by atoms with E-state index in [0.29, 0.717) is 5.82 Å². The van der Waals surface area contributed by atoms with Gasteiger partial charge in [-0.3, -0.25) is 0 Å². The quantitative estimate of drug-likeness (QED) is 0.654. The molecule has 1 unspecified atom stereocenters. The largest absolute Gasteiger partial charge is 0.392 e. The number of sulfonamides is 1. The molecule has 9 heteroatoms. The van der Waals surface area contributed by atoms with E-state index in [0.717, 1.165) is 0 Å². The first-order chi connectivity index (χ1) is 7.34. The van der Waals surface area contributed by atoms with Gasteiger partial charge in [-0.1, -0.05) is 12.2 Å². The van der Waals surface area contributed by atoms with Crippen molar-refractivity contribution in [3.05, 3.63) is 12.2 Å². The van der Waals surface area contributed by atoms with Gasteiger partial charge < -0.3 is 10.3 Å². The molecule has 16 heavy (non-hydrogen) atoms. The minimum atomic E-state index is -3.55. The van der Waals surface area contributed by atoms with Crippen molar-refractivity contribution >= 4 is 27.2 Å². The van der Waals surface area contributed by atoms with Crippen molar-refractivity contribution in [1.29, 1.82) is 0 Å². The Kier molecular flexibility index (Phi) is 3.94. The van der Waals surface area contributed by atoms with Crippen molar-refractivity contribution in [2.24, 2.45) is 12.8 Å². The van der Waals surface area contributed by atoms with E-state index in [1.54, 1.807) is 11.6 Å². The zero-order valence-corrected chi connectivity index (χ0v) is 10.5. The highest BCUT2D eigenvalue weighted by Gasteiger charge is 2.23. The second kappa shape index (κ2) is 4.85. The van der Waals surface area contributed by atoms with Crippen LogP contribution in [0.5, 0.6) is 0 Å². The Morgan fingerprint density at radius 1 is 1.75 bits per heavy atom. The summed E-state index contributed by atoms with van der Waals surface area (Å²) in [6, 6.07) is 0. The SMILES string of the molecule is CC(C(N)=S)S(=O)(=O)NCc1nncn1C. The first-order valence-corrected chi connectivity index (χ1v) is 6.40. The Hall–Kier alpha value is -1.06. The lowest BCUT2D eigenvalue weighted by Gasteiger charge is -2.11. The Bertz CT molecular complexity index is 481. The second-order valence-electron chi connectivity index (χ2n) is 3.27. The molecule has 0 aliphatic carbocycles. The number of hydrogen-bond donors (Lipinski definition) is 2. The van der Waals surface area contributed by atoms with Gasteiger partial charge in [0.2, 0.25) is 10.0 Å². The first-order valence-electron chi connectivity index (χ1n) is 4.45. The van der Waals surface area contributed by atoms with E-state index in [2.05, 4.69) is 27.1 Å². The van der Waals surface area contributed by atoms with E-state index >= 15 is 0 Å². The van der Waals surface area contributed by atoms with Crippen LogP contribution in [0.25, 0.3) is 0 Å². The van der Waals surface area contributed by atoms with E-state index < -0.39 is 15.3 Å². The average Bonchev–Trinajstić information content (AvgIpc) is 2.60. The summed E-state index contributed by atoms with van der Waals surface area (Å²) in [5.41, 5.74) is 5.28. The van der Waals surface area contributed by atoms with Gasteiger partial charge in [0, 0.05) is 7.05 Å². The Balaban J connectivity index is 2.69. The molecule has 1 aromatic heterocycles. The Morgan fingerprint density at radius 2 is 2.38 bits per heavy atom. The van der Waals surface area contributed by atoms with Crippen LogP contribution in [0.1, 0.15) is 12.7 Å². The summed E-state index contributed by atoms with van der Waals surface area (Å²) in [4.78, 5) is -0.0644. The zero-order valence-electron chi connectivity index (χ0n) is 8.91. The average molecular weight is 263 g/mol. The maximum absolute atomic E-state index is 11.6. The van der Waals surface area contributed by atoms with Gasteiger partial charge in [0.25, 0.3) is 0 Å². The predicted molar refractivity (Wildman–Crippen MR) is 63.0 cm³/mol. The highest BCUT2D eigenvalue weighted by atomic mass is 32.2. The van der Waals surface area contributed by atoms with Gasteiger partial charge in [-0.2, -0.15) is 0 Å². The third-order valence-corrected chi connectivity index (χ3v) is 4.34. The summed E-state index contributed by atoms with van der Waals surface area (Å²) in [7, 11) is -1.83. The van der Waals surface area contributed by atoms with Gasteiger partial charge >= 0.3 is 0 Å². The number of nitrogens with zero attached hydrogens (tertiary/aromatic N) is 3. The van der Waals surface area contributed by atoms with Crippen molar-refractivity contribution in [2.45, 2.75) is 18.7 Å². The summed E-state index contributed by atoms with van der Waals surface area (Å²) in [5.74, 6) is 0.513. The van der Waals surface area contributed by atoms with Crippen LogP contribution in [-0.4, -0.2) is 33.4 Å². The molecule has 1 heterocycles. The summed E-state index contributed by atoms with van der Waals surface area (Å²) >= 11 is 4.63. The smallest absolute Gasteiger partial charge is 0.221 e. The zero-order chi connectivity index (χ0) is 12.3. The van der Waals surface area contributed by atoms with Gasteiger partial charge in [0.05, 0.1) is 11.5 Å². The normalized spacial score (nSPS) is 13.6. The van der Waals surface area contributed by atoms with Crippen LogP contribution in [0.3, 0.4) is 0 Å². The van der Waals surface area contributed by atoms with Crippen LogP contribution < -0.4 is 10.5 Å².